The molecule has 31 heavy (non-hydrogen) atoms. The fraction of sp³-hybridized carbons (Fsp3) is 0.304. The van der Waals surface area contributed by atoms with Crippen molar-refractivity contribution in [1.29, 1.82) is 0 Å². The predicted octanol–water partition coefficient (Wildman–Crippen LogP) is 3.00. The highest BCUT2D eigenvalue weighted by Crippen LogP contribution is 2.21. The first kappa shape index (κ1) is 19.6. The average molecular weight is 416 g/mol. The Morgan fingerprint density at radius 3 is 2.94 bits per heavy atom. The quantitative estimate of drug-likeness (QED) is 0.478. The molecule has 0 unspecified atom stereocenters. The van der Waals surface area contributed by atoms with Gasteiger partial charge in [0.2, 0.25) is 0 Å². The summed E-state index contributed by atoms with van der Waals surface area (Å²) in [5.41, 5.74) is 3.11. The average Bonchev–Trinajstić information content (AvgIpc) is 3.14. The molecule has 0 N–H and O–H groups in total. The van der Waals surface area contributed by atoms with Gasteiger partial charge < -0.3 is 13.9 Å². The third-order valence-corrected chi connectivity index (χ3v) is 5.31. The standard InChI is InChI=1S/C23H24N6O2/c1-3-18(12-21(4-1)31-23-25-5-2-6-26-23)14-28-9-10-30-17-19(15-28)11-20-16-29-8-7-24-22(29)13-27-20/h1-8,12-13,16,19H,9-11,14-15,17H2/t19-/m0/s1. The number of ether oxygens (including phenoxy) is 2. The molecule has 1 aliphatic heterocycles. The van der Waals surface area contributed by atoms with Gasteiger partial charge >= 0.3 is 6.01 Å². The maximum Gasteiger partial charge on any atom is 0.321 e. The first-order valence-corrected chi connectivity index (χ1v) is 10.4. The number of nitrogens with zero attached hydrogens (tertiary/aromatic N) is 6. The lowest BCUT2D eigenvalue weighted by molar-refractivity contribution is 0.121. The Balaban J connectivity index is 1.24. The minimum atomic E-state index is 0.352. The molecule has 1 saturated heterocycles. The third kappa shape index (κ3) is 5.04. The van der Waals surface area contributed by atoms with Crippen molar-refractivity contribution < 1.29 is 9.47 Å². The van der Waals surface area contributed by atoms with Crippen LogP contribution in [0.1, 0.15) is 11.3 Å². The molecule has 4 aromatic rings. The predicted molar refractivity (Wildman–Crippen MR) is 115 cm³/mol. The highest BCUT2D eigenvalue weighted by Gasteiger charge is 2.20. The van der Waals surface area contributed by atoms with E-state index in [9.17, 15) is 0 Å². The lowest BCUT2D eigenvalue weighted by Crippen LogP contribution is -2.30. The Bertz CT molecular complexity index is 1130. The van der Waals surface area contributed by atoms with E-state index < -0.39 is 0 Å². The molecule has 1 atom stereocenters. The van der Waals surface area contributed by atoms with Gasteiger partial charge in [0.15, 0.2) is 5.65 Å². The van der Waals surface area contributed by atoms with Gasteiger partial charge in [0, 0.05) is 56.5 Å². The Morgan fingerprint density at radius 1 is 1.06 bits per heavy atom. The SMILES string of the molecule is c1cnc(Oc2cccc(CN3CCOC[C@@H](Cc4cn5ccnc5cn4)C3)c2)nc1. The summed E-state index contributed by atoms with van der Waals surface area (Å²) in [5, 5.41) is 0. The van der Waals surface area contributed by atoms with Crippen LogP contribution in [0.4, 0.5) is 0 Å². The molecular formula is C23H24N6O2. The minimum absolute atomic E-state index is 0.352. The monoisotopic (exact) mass is 416 g/mol. The first-order valence-electron chi connectivity index (χ1n) is 10.4. The number of hydrogen-bond donors (Lipinski definition) is 0. The summed E-state index contributed by atoms with van der Waals surface area (Å²) in [6.07, 6.45) is 11.8. The second kappa shape index (κ2) is 9.20. The van der Waals surface area contributed by atoms with Crippen LogP contribution in [0.15, 0.2) is 67.5 Å². The fourth-order valence-corrected chi connectivity index (χ4v) is 3.90. The topological polar surface area (TPSA) is 77.7 Å². The molecule has 8 heteroatoms. The van der Waals surface area contributed by atoms with Gasteiger partial charge in [-0.05, 0) is 30.2 Å². The van der Waals surface area contributed by atoms with E-state index in [-0.39, 0.29) is 0 Å². The second-order valence-electron chi connectivity index (χ2n) is 7.73. The summed E-state index contributed by atoms with van der Waals surface area (Å²) < 4.78 is 13.7. The van der Waals surface area contributed by atoms with Crippen LogP contribution in [-0.2, 0) is 17.7 Å². The molecule has 0 spiro atoms. The number of hydrogen-bond acceptors (Lipinski definition) is 7. The van der Waals surface area contributed by atoms with Crippen molar-refractivity contribution in [3.8, 4) is 11.8 Å². The van der Waals surface area contributed by atoms with E-state index in [0.29, 0.717) is 11.9 Å². The van der Waals surface area contributed by atoms with Crippen molar-refractivity contribution >= 4 is 5.65 Å². The molecule has 4 heterocycles. The van der Waals surface area contributed by atoms with Gasteiger partial charge in [0.25, 0.3) is 0 Å². The lowest BCUT2D eigenvalue weighted by Gasteiger charge is -2.23. The van der Waals surface area contributed by atoms with Gasteiger partial charge in [-0.15, -0.1) is 0 Å². The van der Waals surface area contributed by atoms with E-state index in [1.54, 1.807) is 24.7 Å². The van der Waals surface area contributed by atoms with E-state index in [1.165, 1.54) is 5.56 Å². The van der Waals surface area contributed by atoms with Crippen LogP contribution in [0, 0.1) is 5.92 Å². The number of fused-ring (bicyclic) bond motifs is 1. The van der Waals surface area contributed by atoms with Crippen molar-refractivity contribution in [2.45, 2.75) is 13.0 Å². The summed E-state index contributed by atoms with van der Waals surface area (Å²) in [6.45, 7) is 4.17. The number of rotatable bonds is 6. The summed E-state index contributed by atoms with van der Waals surface area (Å²) in [6, 6.07) is 10.2. The molecule has 1 aliphatic rings. The second-order valence-corrected chi connectivity index (χ2v) is 7.73. The molecule has 5 rings (SSSR count). The smallest absolute Gasteiger partial charge is 0.321 e. The number of imidazole rings is 1. The van der Waals surface area contributed by atoms with Crippen LogP contribution in [0.25, 0.3) is 5.65 Å². The van der Waals surface area contributed by atoms with E-state index in [1.807, 2.05) is 35.0 Å². The maximum atomic E-state index is 5.89. The zero-order valence-corrected chi connectivity index (χ0v) is 17.2. The molecular weight excluding hydrogens is 392 g/mol. The fourth-order valence-electron chi connectivity index (χ4n) is 3.90. The van der Waals surface area contributed by atoms with Crippen molar-refractivity contribution in [2.75, 3.05) is 26.3 Å². The van der Waals surface area contributed by atoms with Gasteiger partial charge in [-0.3, -0.25) is 9.88 Å². The van der Waals surface area contributed by atoms with Gasteiger partial charge in [-0.2, -0.15) is 0 Å². The van der Waals surface area contributed by atoms with Crippen LogP contribution in [0.3, 0.4) is 0 Å². The van der Waals surface area contributed by atoms with Crippen LogP contribution in [0.2, 0.25) is 0 Å². The Hall–Kier alpha value is -3.36. The Kier molecular flexibility index (Phi) is 5.81. The normalized spacial score (nSPS) is 17.5. The van der Waals surface area contributed by atoms with E-state index in [0.717, 1.165) is 56.4 Å². The molecule has 0 bridgehead atoms. The van der Waals surface area contributed by atoms with Gasteiger partial charge in [0.1, 0.15) is 5.75 Å². The highest BCUT2D eigenvalue weighted by molar-refractivity contribution is 5.35. The molecule has 0 radical (unpaired) electrons. The molecule has 3 aromatic heterocycles. The van der Waals surface area contributed by atoms with Crippen molar-refractivity contribution in [3.63, 3.8) is 0 Å². The van der Waals surface area contributed by atoms with Crippen LogP contribution in [0.5, 0.6) is 11.8 Å². The molecule has 1 aromatic carbocycles. The molecule has 8 nitrogen and oxygen atoms in total. The molecule has 158 valence electrons. The van der Waals surface area contributed by atoms with Gasteiger partial charge in [0.05, 0.1) is 25.1 Å². The van der Waals surface area contributed by atoms with Crippen molar-refractivity contribution in [1.82, 2.24) is 29.2 Å². The van der Waals surface area contributed by atoms with E-state index in [2.05, 4.69) is 37.1 Å². The number of benzene rings is 1. The van der Waals surface area contributed by atoms with Crippen molar-refractivity contribution in [3.05, 3.63) is 78.8 Å². The molecule has 1 fully saturated rings. The first-order chi connectivity index (χ1) is 15.3. The Morgan fingerprint density at radius 2 is 2.00 bits per heavy atom. The lowest BCUT2D eigenvalue weighted by atomic mass is 10.0. The summed E-state index contributed by atoms with van der Waals surface area (Å²) in [7, 11) is 0. The summed E-state index contributed by atoms with van der Waals surface area (Å²) in [5.74, 6) is 1.12. The number of aromatic nitrogens is 5. The molecule has 0 saturated carbocycles. The van der Waals surface area contributed by atoms with Gasteiger partial charge in [-0.25, -0.2) is 15.0 Å². The van der Waals surface area contributed by atoms with Crippen LogP contribution >= 0.6 is 0 Å². The maximum absolute atomic E-state index is 5.89. The third-order valence-electron chi connectivity index (χ3n) is 5.31. The zero-order chi connectivity index (χ0) is 20.9. The Labute approximate surface area is 180 Å². The van der Waals surface area contributed by atoms with E-state index in [4.69, 9.17) is 9.47 Å². The minimum Gasteiger partial charge on any atom is -0.424 e. The van der Waals surface area contributed by atoms with Crippen LogP contribution < -0.4 is 4.74 Å². The largest absolute Gasteiger partial charge is 0.424 e. The highest BCUT2D eigenvalue weighted by atomic mass is 16.5. The van der Waals surface area contributed by atoms with Crippen LogP contribution in [-0.4, -0.2) is 55.5 Å². The summed E-state index contributed by atoms with van der Waals surface area (Å²) >= 11 is 0. The summed E-state index contributed by atoms with van der Waals surface area (Å²) in [4.78, 5) is 19.5. The van der Waals surface area contributed by atoms with E-state index >= 15 is 0 Å². The molecule has 0 aliphatic carbocycles. The molecule has 0 amide bonds. The van der Waals surface area contributed by atoms with Gasteiger partial charge in [-0.1, -0.05) is 12.1 Å². The van der Waals surface area contributed by atoms with Crippen molar-refractivity contribution in [2.24, 2.45) is 5.92 Å². The zero-order valence-electron chi connectivity index (χ0n) is 17.2.